The second-order valence-corrected chi connectivity index (χ2v) is 3.46. The van der Waals surface area contributed by atoms with E-state index < -0.39 is 0 Å². The zero-order valence-corrected chi connectivity index (χ0v) is 9.54. The summed E-state index contributed by atoms with van der Waals surface area (Å²) in [5, 5.41) is 7.88. The molecule has 0 bridgehead atoms. The molecule has 0 amide bonds. The van der Waals surface area contributed by atoms with Gasteiger partial charge in [0.15, 0.2) is 0 Å². The van der Waals surface area contributed by atoms with Gasteiger partial charge in [0, 0.05) is 5.56 Å². The van der Waals surface area contributed by atoms with Crippen molar-refractivity contribution in [3.05, 3.63) is 41.9 Å². The molecule has 1 aromatic heterocycles. The summed E-state index contributed by atoms with van der Waals surface area (Å²) in [6, 6.07) is 6.99. The van der Waals surface area contributed by atoms with Gasteiger partial charge in [0.25, 0.3) is 0 Å². The summed E-state index contributed by atoms with van der Waals surface area (Å²) in [6.07, 6.45) is 1.62. The fourth-order valence-electron chi connectivity index (χ4n) is 1.39. The first kappa shape index (κ1) is 11.2. The van der Waals surface area contributed by atoms with Crippen LogP contribution in [0.2, 0.25) is 0 Å². The molecule has 2 rings (SSSR count). The number of nitrogens with zero attached hydrogens (tertiary/aromatic N) is 3. The SMILES string of the molecule is COC(=O)c1cccc(-c2cnc(C)nn2)c1. The summed E-state index contributed by atoms with van der Waals surface area (Å²) >= 11 is 0. The summed E-state index contributed by atoms with van der Waals surface area (Å²) in [5.41, 5.74) is 1.89. The Hall–Kier alpha value is -2.30. The van der Waals surface area contributed by atoms with Crippen LogP contribution in [0.5, 0.6) is 0 Å². The van der Waals surface area contributed by atoms with E-state index in [9.17, 15) is 4.79 Å². The van der Waals surface area contributed by atoms with Gasteiger partial charge in [0.2, 0.25) is 0 Å². The van der Waals surface area contributed by atoms with Gasteiger partial charge in [-0.2, -0.15) is 0 Å². The first-order chi connectivity index (χ1) is 8.20. The second kappa shape index (κ2) is 4.69. The van der Waals surface area contributed by atoms with E-state index in [4.69, 9.17) is 0 Å². The standard InChI is InChI=1S/C12H11N3O2/c1-8-13-7-11(15-14-8)9-4-3-5-10(6-9)12(16)17-2/h3-7H,1-2H3. The van der Waals surface area contributed by atoms with Gasteiger partial charge in [-0.25, -0.2) is 9.78 Å². The molecule has 0 N–H and O–H groups in total. The fourth-order valence-corrected chi connectivity index (χ4v) is 1.39. The van der Waals surface area contributed by atoms with Crippen LogP contribution in [-0.4, -0.2) is 28.3 Å². The molecule has 5 nitrogen and oxygen atoms in total. The van der Waals surface area contributed by atoms with E-state index in [1.165, 1.54) is 7.11 Å². The van der Waals surface area contributed by atoms with E-state index in [2.05, 4.69) is 19.9 Å². The number of esters is 1. The van der Waals surface area contributed by atoms with E-state index in [0.717, 1.165) is 5.56 Å². The number of hydrogen-bond acceptors (Lipinski definition) is 5. The summed E-state index contributed by atoms with van der Waals surface area (Å²) in [6.45, 7) is 1.77. The lowest BCUT2D eigenvalue weighted by Crippen LogP contribution is -2.01. The second-order valence-electron chi connectivity index (χ2n) is 3.46. The third-order valence-electron chi connectivity index (χ3n) is 2.26. The number of methoxy groups -OCH3 is 1. The van der Waals surface area contributed by atoms with Crippen molar-refractivity contribution in [3.63, 3.8) is 0 Å². The Morgan fingerprint density at radius 2 is 2.12 bits per heavy atom. The van der Waals surface area contributed by atoms with Crippen LogP contribution in [0.1, 0.15) is 16.2 Å². The highest BCUT2D eigenvalue weighted by molar-refractivity contribution is 5.90. The van der Waals surface area contributed by atoms with Gasteiger partial charge in [-0.1, -0.05) is 12.1 Å². The first-order valence-corrected chi connectivity index (χ1v) is 5.06. The van der Waals surface area contributed by atoms with Gasteiger partial charge < -0.3 is 4.74 Å². The molecule has 0 radical (unpaired) electrons. The average molecular weight is 229 g/mol. The maximum Gasteiger partial charge on any atom is 0.337 e. The van der Waals surface area contributed by atoms with Gasteiger partial charge in [-0.05, 0) is 19.1 Å². The maximum absolute atomic E-state index is 11.4. The summed E-state index contributed by atoms with van der Waals surface area (Å²) in [7, 11) is 1.35. The molecule has 0 aliphatic rings. The fraction of sp³-hybridized carbons (Fsp3) is 0.167. The Morgan fingerprint density at radius 3 is 2.76 bits per heavy atom. The largest absolute Gasteiger partial charge is 0.465 e. The predicted octanol–water partition coefficient (Wildman–Crippen LogP) is 1.63. The minimum absolute atomic E-state index is 0.375. The molecule has 0 spiro atoms. The van der Waals surface area contributed by atoms with E-state index in [0.29, 0.717) is 17.1 Å². The Bertz CT molecular complexity index is 538. The topological polar surface area (TPSA) is 65.0 Å². The van der Waals surface area contributed by atoms with Crippen LogP contribution >= 0.6 is 0 Å². The molecule has 0 fully saturated rings. The third kappa shape index (κ3) is 2.44. The van der Waals surface area contributed by atoms with Crippen molar-refractivity contribution in [1.82, 2.24) is 15.2 Å². The molecule has 2 aromatic rings. The average Bonchev–Trinajstić information content (AvgIpc) is 2.39. The summed E-state index contributed by atoms with van der Waals surface area (Å²) in [5.74, 6) is 0.234. The van der Waals surface area contributed by atoms with Crippen LogP contribution in [0.25, 0.3) is 11.3 Å². The van der Waals surface area contributed by atoms with Crippen LogP contribution in [0.4, 0.5) is 0 Å². The molecular formula is C12H11N3O2. The Morgan fingerprint density at radius 1 is 1.29 bits per heavy atom. The number of carbonyl (C=O) groups excluding carboxylic acids is 1. The summed E-state index contributed by atoms with van der Waals surface area (Å²) in [4.78, 5) is 15.4. The molecule has 86 valence electrons. The highest BCUT2D eigenvalue weighted by atomic mass is 16.5. The van der Waals surface area contributed by atoms with Crippen LogP contribution in [-0.2, 0) is 4.74 Å². The molecule has 5 heteroatoms. The van der Waals surface area contributed by atoms with Crippen molar-refractivity contribution >= 4 is 5.97 Å². The number of ether oxygens (including phenoxy) is 1. The highest BCUT2D eigenvalue weighted by Crippen LogP contribution is 2.17. The minimum Gasteiger partial charge on any atom is -0.465 e. The van der Waals surface area contributed by atoms with Crippen LogP contribution < -0.4 is 0 Å². The van der Waals surface area contributed by atoms with E-state index >= 15 is 0 Å². The van der Waals surface area contributed by atoms with Gasteiger partial charge in [-0.15, -0.1) is 10.2 Å². The van der Waals surface area contributed by atoms with Crippen molar-refractivity contribution in [2.24, 2.45) is 0 Å². The monoisotopic (exact) mass is 229 g/mol. The van der Waals surface area contributed by atoms with Crippen molar-refractivity contribution in [1.29, 1.82) is 0 Å². The molecule has 0 saturated heterocycles. The molecule has 0 atom stereocenters. The molecule has 0 saturated carbocycles. The predicted molar refractivity (Wildman–Crippen MR) is 61.3 cm³/mol. The lowest BCUT2D eigenvalue weighted by molar-refractivity contribution is 0.0601. The molecular weight excluding hydrogens is 218 g/mol. The van der Waals surface area contributed by atoms with Gasteiger partial charge in [0.05, 0.1) is 18.9 Å². The third-order valence-corrected chi connectivity index (χ3v) is 2.26. The molecule has 1 aromatic carbocycles. The van der Waals surface area contributed by atoms with Gasteiger partial charge >= 0.3 is 5.97 Å². The Labute approximate surface area is 98.5 Å². The quantitative estimate of drug-likeness (QED) is 0.732. The zero-order chi connectivity index (χ0) is 12.3. The number of aryl methyl sites for hydroxylation is 1. The molecule has 17 heavy (non-hydrogen) atoms. The van der Waals surface area contributed by atoms with Crippen LogP contribution in [0.3, 0.4) is 0 Å². The van der Waals surface area contributed by atoms with Gasteiger partial charge in [-0.3, -0.25) is 0 Å². The van der Waals surface area contributed by atoms with Crippen molar-refractivity contribution in [2.75, 3.05) is 7.11 Å². The lowest BCUT2D eigenvalue weighted by Gasteiger charge is -2.02. The highest BCUT2D eigenvalue weighted by Gasteiger charge is 2.07. The van der Waals surface area contributed by atoms with Crippen molar-refractivity contribution in [2.45, 2.75) is 6.92 Å². The first-order valence-electron chi connectivity index (χ1n) is 5.06. The number of hydrogen-bond donors (Lipinski definition) is 0. The zero-order valence-electron chi connectivity index (χ0n) is 9.54. The molecule has 1 heterocycles. The molecule has 0 unspecified atom stereocenters. The molecule has 0 aliphatic heterocycles. The number of aromatic nitrogens is 3. The van der Waals surface area contributed by atoms with Crippen molar-refractivity contribution < 1.29 is 9.53 Å². The van der Waals surface area contributed by atoms with E-state index in [-0.39, 0.29) is 5.97 Å². The van der Waals surface area contributed by atoms with Gasteiger partial charge in [0.1, 0.15) is 11.5 Å². The van der Waals surface area contributed by atoms with E-state index in [1.807, 2.05) is 6.07 Å². The summed E-state index contributed by atoms with van der Waals surface area (Å²) < 4.78 is 4.66. The van der Waals surface area contributed by atoms with Crippen LogP contribution in [0.15, 0.2) is 30.5 Å². The normalized spacial score (nSPS) is 10.0. The van der Waals surface area contributed by atoms with Crippen molar-refractivity contribution in [3.8, 4) is 11.3 Å². The number of benzene rings is 1. The van der Waals surface area contributed by atoms with Crippen LogP contribution in [0, 0.1) is 6.92 Å². The molecule has 0 aliphatic carbocycles. The number of rotatable bonds is 2. The minimum atomic E-state index is -0.375. The Kier molecular flexibility index (Phi) is 3.09. The van der Waals surface area contributed by atoms with E-state index in [1.54, 1.807) is 31.3 Å². The number of carbonyl (C=O) groups is 1. The smallest absolute Gasteiger partial charge is 0.337 e. The lowest BCUT2D eigenvalue weighted by atomic mass is 10.1. The Balaban J connectivity index is 2.39. The maximum atomic E-state index is 11.4.